The quantitative estimate of drug-likeness (QED) is 0.850. The molecule has 108 valence electrons. The fourth-order valence-corrected chi connectivity index (χ4v) is 2.07. The maximum atomic E-state index is 12.3. The van der Waals surface area contributed by atoms with Crippen molar-refractivity contribution in [1.82, 2.24) is 24.9 Å². The summed E-state index contributed by atoms with van der Waals surface area (Å²) in [6.45, 7) is 2.53. The smallest absolute Gasteiger partial charge is 0.276 e. The number of aromatic amines is 1. The molecule has 0 aliphatic rings. The SMILES string of the molecule is CCCc1[nH]nc(C(=O)N(C)Cc2cnn(C)c2)c1N. The molecule has 0 aliphatic heterocycles. The van der Waals surface area contributed by atoms with Gasteiger partial charge >= 0.3 is 0 Å². The lowest BCUT2D eigenvalue weighted by atomic mass is 10.2. The van der Waals surface area contributed by atoms with Crippen LogP contribution in [0.1, 0.15) is 35.1 Å². The van der Waals surface area contributed by atoms with E-state index in [1.165, 1.54) is 0 Å². The van der Waals surface area contributed by atoms with Crippen molar-refractivity contribution in [1.29, 1.82) is 0 Å². The molecule has 0 saturated heterocycles. The van der Waals surface area contributed by atoms with Gasteiger partial charge in [0.15, 0.2) is 5.69 Å². The fraction of sp³-hybridized carbons (Fsp3) is 0.462. The van der Waals surface area contributed by atoms with Gasteiger partial charge in [0.05, 0.1) is 17.6 Å². The van der Waals surface area contributed by atoms with Crippen LogP contribution in [0.25, 0.3) is 0 Å². The summed E-state index contributed by atoms with van der Waals surface area (Å²) in [4.78, 5) is 13.9. The molecule has 2 aromatic heterocycles. The van der Waals surface area contributed by atoms with Gasteiger partial charge < -0.3 is 10.6 Å². The number of anilines is 1. The number of carbonyl (C=O) groups is 1. The van der Waals surface area contributed by atoms with Crippen LogP contribution in [0, 0.1) is 0 Å². The average molecular weight is 276 g/mol. The van der Waals surface area contributed by atoms with E-state index in [-0.39, 0.29) is 5.91 Å². The molecule has 7 nitrogen and oxygen atoms in total. The third-order valence-corrected chi connectivity index (χ3v) is 3.11. The van der Waals surface area contributed by atoms with E-state index in [2.05, 4.69) is 22.2 Å². The first-order chi connectivity index (χ1) is 9.52. The van der Waals surface area contributed by atoms with Gasteiger partial charge in [0.25, 0.3) is 5.91 Å². The zero-order chi connectivity index (χ0) is 14.7. The molecule has 0 bridgehead atoms. The topological polar surface area (TPSA) is 92.8 Å². The van der Waals surface area contributed by atoms with Crippen LogP contribution in [-0.2, 0) is 20.0 Å². The van der Waals surface area contributed by atoms with Gasteiger partial charge in [-0.15, -0.1) is 0 Å². The summed E-state index contributed by atoms with van der Waals surface area (Å²) in [6.07, 6.45) is 5.35. The van der Waals surface area contributed by atoms with E-state index in [0.29, 0.717) is 17.9 Å². The van der Waals surface area contributed by atoms with E-state index in [1.807, 2.05) is 13.2 Å². The molecule has 0 spiro atoms. The molecule has 3 N–H and O–H groups in total. The Bertz CT molecular complexity index is 600. The van der Waals surface area contributed by atoms with Gasteiger partial charge in [0, 0.05) is 32.4 Å². The van der Waals surface area contributed by atoms with Crippen LogP contribution >= 0.6 is 0 Å². The van der Waals surface area contributed by atoms with Crippen LogP contribution in [-0.4, -0.2) is 37.8 Å². The van der Waals surface area contributed by atoms with Gasteiger partial charge in [-0.05, 0) is 6.42 Å². The highest BCUT2D eigenvalue weighted by Crippen LogP contribution is 2.17. The highest BCUT2D eigenvalue weighted by Gasteiger charge is 2.20. The minimum absolute atomic E-state index is 0.190. The zero-order valence-electron chi connectivity index (χ0n) is 12.1. The Morgan fingerprint density at radius 3 is 2.90 bits per heavy atom. The number of nitrogens with zero attached hydrogens (tertiary/aromatic N) is 4. The Kier molecular flexibility index (Phi) is 4.07. The fourth-order valence-electron chi connectivity index (χ4n) is 2.07. The van der Waals surface area contributed by atoms with Crippen LogP contribution in [0.15, 0.2) is 12.4 Å². The first-order valence-corrected chi connectivity index (χ1v) is 6.58. The standard InChI is InChI=1S/C13H20N6O/c1-4-5-10-11(14)12(17-16-10)13(20)18(2)7-9-6-15-19(3)8-9/h6,8H,4-5,7,14H2,1-3H3,(H,16,17). The summed E-state index contributed by atoms with van der Waals surface area (Å²) in [5, 5.41) is 11.0. The molecule has 0 fully saturated rings. The number of hydrogen-bond donors (Lipinski definition) is 2. The molecule has 0 unspecified atom stereocenters. The van der Waals surface area contributed by atoms with Crippen LogP contribution in [0.2, 0.25) is 0 Å². The lowest BCUT2D eigenvalue weighted by Gasteiger charge is -2.15. The number of amides is 1. The number of aromatic nitrogens is 4. The zero-order valence-corrected chi connectivity index (χ0v) is 12.1. The van der Waals surface area contributed by atoms with Crippen molar-refractivity contribution < 1.29 is 4.79 Å². The van der Waals surface area contributed by atoms with Crippen molar-refractivity contribution in [2.75, 3.05) is 12.8 Å². The van der Waals surface area contributed by atoms with Crippen LogP contribution in [0.4, 0.5) is 5.69 Å². The largest absolute Gasteiger partial charge is 0.395 e. The predicted octanol–water partition coefficient (Wildman–Crippen LogP) is 0.950. The van der Waals surface area contributed by atoms with Gasteiger partial charge in [-0.2, -0.15) is 10.2 Å². The number of hydrogen-bond acceptors (Lipinski definition) is 4. The highest BCUT2D eigenvalue weighted by molar-refractivity contribution is 5.97. The number of nitrogen functional groups attached to an aromatic ring is 1. The molecule has 1 amide bonds. The molecule has 0 aliphatic carbocycles. The van der Waals surface area contributed by atoms with E-state index in [1.54, 1.807) is 22.8 Å². The molecule has 20 heavy (non-hydrogen) atoms. The van der Waals surface area contributed by atoms with Crippen molar-refractivity contribution >= 4 is 11.6 Å². The van der Waals surface area contributed by atoms with Gasteiger partial charge in [0.2, 0.25) is 0 Å². The molecule has 2 heterocycles. The number of rotatable bonds is 5. The van der Waals surface area contributed by atoms with Gasteiger partial charge in [0.1, 0.15) is 0 Å². The summed E-state index contributed by atoms with van der Waals surface area (Å²) >= 11 is 0. The summed E-state index contributed by atoms with van der Waals surface area (Å²) in [5.74, 6) is -0.190. The van der Waals surface area contributed by atoms with Gasteiger partial charge in [-0.1, -0.05) is 13.3 Å². The Morgan fingerprint density at radius 2 is 2.30 bits per heavy atom. The number of carbonyl (C=O) groups excluding carboxylic acids is 1. The predicted molar refractivity (Wildman–Crippen MR) is 76.0 cm³/mol. The van der Waals surface area contributed by atoms with Crippen molar-refractivity contribution in [3.63, 3.8) is 0 Å². The van der Waals surface area contributed by atoms with Crippen molar-refractivity contribution in [3.05, 3.63) is 29.3 Å². The van der Waals surface area contributed by atoms with Crippen LogP contribution in [0.5, 0.6) is 0 Å². The lowest BCUT2D eigenvalue weighted by Crippen LogP contribution is -2.27. The highest BCUT2D eigenvalue weighted by atomic mass is 16.2. The van der Waals surface area contributed by atoms with E-state index < -0.39 is 0 Å². The second-order valence-corrected chi connectivity index (χ2v) is 4.90. The number of nitrogens with two attached hydrogens (primary N) is 1. The van der Waals surface area contributed by atoms with E-state index in [4.69, 9.17) is 5.73 Å². The van der Waals surface area contributed by atoms with Gasteiger partial charge in [-0.25, -0.2) is 0 Å². The third-order valence-electron chi connectivity index (χ3n) is 3.11. The van der Waals surface area contributed by atoms with Crippen LogP contribution < -0.4 is 5.73 Å². The van der Waals surface area contributed by atoms with Crippen molar-refractivity contribution in [3.8, 4) is 0 Å². The van der Waals surface area contributed by atoms with E-state index in [9.17, 15) is 4.79 Å². The Morgan fingerprint density at radius 1 is 1.55 bits per heavy atom. The molecule has 2 rings (SSSR count). The normalized spacial score (nSPS) is 10.8. The summed E-state index contributed by atoms with van der Waals surface area (Å²) in [5.41, 5.74) is 8.50. The molecule has 0 radical (unpaired) electrons. The maximum Gasteiger partial charge on any atom is 0.276 e. The Hall–Kier alpha value is -2.31. The summed E-state index contributed by atoms with van der Waals surface area (Å²) in [6, 6.07) is 0. The number of nitrogens with one attached hydrogen (secondary N) is 1. The molecule has 0 saturated carbocycles. The van der Waals surface area contributed by atoms with Gasteiger partial charge in [-0.3, -0.25) is 14.6 Å². The molecular formula is C13H20N6O. The molecular weight excluding hydrogens is 256 g/mol. The molecule has 7 heteroatoms. The maximum absolute atomic E-state index is 12.3. The minimum Gasteiger partial charge on any atom is -0.395 e. The van der Waals surface area contributed by atoms with Crippen molar-refractivity contribution in [2.45, 2.75) is 26.3 Å². The first-order valence-electron chi connectivity index (χ1n) is 6.58. The molecule has 2 aromatic rings. The van der Waals surface area contributed by atoms with Crippen molar-refractivity contribution in [2.24, 2.45) is 7.05 Å². The first kappa shape index (κ1) is 14.1. The van der Waals surface area contributed by atoms with E-state index >= 15 is 0 Å². The third kappa shape index (κ3) is 2.81. The monoisotopic (exact) mass is 276 g/mol. The molecule has 0 atom stereocenters. The van der Waals surface area contributed by atoms with E-state index in [0.717, 1.165) is 24.1 Å². The summed E-state index contributed by atoms with van der Waals surface area (Å²) < 4.78 is 1.70. The molecule has 0 aromatic carbocycles. The lowest BCUT2D eigenvalue weighted by molar-refractivity contribution is 0.0780. The second-order valence-electron chi connectivity index (χ2n) is 4.90. The van der Waals surface area contributed by atoms with Crippen LogP contribution in [0.3, 0.4) is 0 Å². The minimum atomic E-state index is -0.190. The average Bonchev–Trinajstić information content (AvgIpc) is 2.97. The second kappa shape index (κ2) is 5.77. The number of aryl methyl sites for hydroxylation is 2. The Balaban J connectivity index is 2.10. The Labute approximate surface area is 117 Å². The summed E-state index contributed by atoms with van der Waals surface area (Å²) in [7, 11) is 3.57. The number of H-pyrrole nitrogens is 1.